The Hall–Kier alpha value is -2.04. The molecule has 0 aliphatic rings. The van der Waals surface area contributed by atoms with E-state index in [0.717, 1.165) is 11.3 Å². The van der Waals surface area contributed by atoms with Crippen LogP contribution in [0.4, 0.5) is 0 Å². The van der Waals surface area contributed by atoms with Crippen LogP contribution in [0.2, 0.25) is 0 Å². The molecule has 1 N–H and O–H groups in total. The summed E-state index contributed by atoms with van der Waals surface area (Å²) in [6.45, 7) is 7.81. The van der Waals surface area contributed by atoms with Crippen molar-refractivity contribution in [3.8, 4) is 5.75 Å². The molecular weight excluding hydrogens is 280 g/mol. The smallest absolute Gasteiger partial charge is 0.240 e. The zero-order valence-electron chi connectivity index (χ0n) is 14.1. The topological polar surface area (TPSA) is 58.6 Å². The number of benzene rings is 1. The molecule has 0 aliphatic carbocycles. The Labute approximate surface area is 132 Å². The first kappa shape index (κ1) is 18.0. The number of nitrogens with zero attached hydrogens (tertiary/aromatic N) is 1. The summed E-state index contributed by atoms with van der Waals surface area (Å²) in [5.74, 6) is 0.539. The molecule has 0 unspecified atom stereocenters. The molecular formula is C17H26N2O3. The molecule has 5 nitrogen and oxygen atoms in total. The molecule has 0 aliphatic heterocycles. The van der Waals surface area contributed by atoms with Crippen LogP contribution in [0.15, 0.2) is 24.3 Å². The maximum absolute atomic E-state index is 12.0. The SMILES string of the molecule is COc1cccc(CCN(CC(=O)NC(C)(C)C)C(C)=O)c1. The van der Waals surface area contributed by atoms with Gasteiger partial charge < -0.3 is 15.0 Å². The lowest BCUT2D eigenvalue weighted by atomic mass is 10.1. The molecule has 0 bridgehead atoms. The fourth-order valence-corrected chi connectivity index (χ4v) is 2.07. The monoisotopic (exact) mass is 306 g/mol. The van der Waals surface area contributed by atoms with Gasteiger partial charge in [0.25, 0.3) is 0 Å². The van der Waals surface area contributed by atoms with Gasteiger partial charge in [-0.3, -0.25) is 9.59 Å². The van der Waals surface area contributed by atoms with E-state index in [4.69, 9.17) is 4.74 Å². The minimum atomic E-state index is -0.299. The van der Waals surface area contributed by atoms with E-state index in [0.29, 0.717) is 13.0 Å². The standard InChI is InChI=1S/C17H26N2O3/c1-13(20)19(12-16(21)18-17(2,3)4)10-9-14-7-6-8-15(11-14)22-5/h6-8,11H,9-10,12H2,1-5H3,(H,18,21). The van der Waals surface area contributed by atoms with Crippen LogP contribution in [0.5, 0.6) is 5.75 Å². The summed E-state index contributed by atoms with van der Waals surface area (Å²) in [7, 11) is 1.62. The van der Waals surface area contributed by atoms with Crippen LogP contribution in [0.25, 0.3) is 0 Å². The van der Waals surface area contributed by atoms with Crippen LogP contribution < -0.4 is 10.1 Å². The zero-order valence-corrected chi connectivity index (χ0v) is 14.1. The van der Waals surface area contributed by atoms with Crippen molar-refractivity contribution in [2.24, 2.45) is 0 Å². The highest BCUT2D eigenvalue weighted by atomic mass is 16.5. The number of rotatable bonds is 6. The second-order valence-electron chi connectivity index (χ2n) is 6.34. The Morgan fingerprint density at radius 2 is 1.95 bits per heavy atom. The van der Waals surface area contributed by atoms with Gasteiger partial charge in [0.1, 0.15) is 5.75 Å². The van der Waals surface area contributed by atoms with Crippen molar-refractivity contribution in [1.82, 2.24) is 10.2 Å². The van der Waals surface area contributed by atoms with E-state index in [2.05, 4.69) is 5.32 Å². The maximum atomic E-state index is 12.0. The molecule has 1 aromatic carbocycles. The van der Waals surface area contributed by atoms with Crippen molar-refractivity contribution >= 4 is 11.8 Å². The van der Waals surface area contributed by atoms with Gasteiger partial charge in [-0.25, -0.2) is 0 Å². The fraction of sp³-hybridized carbons (Fsp3) is 0.529. The first-order valence-corrected chi connectivity index (χ1v) is 7.41. The van der Waals surface area contributed by atoms with Gasteiger partial charge in [0, 0.05) is 19.0 Å². The van der Waals surface area contributed by atoms with Crippen LogP contribution in [0.1, 0.15) is 33.3 Å². The molecule has 2 amide bonds. The Bertz CT molecular complexity index is 521. The number of hydrogen-bond donors (Lipinski definition) is 1. The maximum Gasteiger partial charge on any atom is 0.240 e. The molecule has 0 saturated carbocycles. The van der Waals surface area contributed by atoms with E-state index < -0.39 is 0 Å². The molecule has 1 aromatic rings. The van der Waals surface area contributed by atoms with Gasteiger partial charge in [0.15, 0.2) is 0 Å². The number of carbonyl (C=O) groups excluding carboxylic acids is 2. The third-order valence-electron chi connectivity index (χ3n) is 3.10. The Kier molecular flexibility index (Phi) is 6.40. The summed E-state index contributed by atoms with van der Waals surface area (Å²) < 4.78 is 5.18. The third-order valence-corrected chi connectivity index (χ3v) is 3.10. The number of nitrogens with one attached hydrogen (secondary N) is 1. The average Bonchev–Trinajstić information content (AvgIpc) is 2.41. The molecule has 0 radical (unpaired) electrons. The Balaban J connectivity index is 2.61. The summed E-state index contributed by atoms with van der Waals surface area (Å²) >= 11 is 0. The van der Waals surface area contributed by atoms with Crippen molar-refractivity contribution < 1.29 is 14.3 Å². The summed E-state index contributed by atoms with van der Waals surface area (Å²) in [4.78, 5) is 25.2. The molecule has 0 saturated heterocycles. The van der Waals surface area contributed by atoms with E-state index in [-0.39, 0.29) is 23.9 Å². The van der Waals surface area contributed by atoms with Gasteiger partial charge in [-0.05, 0) is 44.9 Å². The average molecular weight is 306 g/mol. The van der Waals surface area contributed by atoms with Crippen molar-refractivity contribution in [2.45, 2.75) is 39.7 Å². The second kappa shape index (κ2) is 7.82. The number of carbonyl (C=O) groups is 2. The van der Waals surface area contributed by atoms with Gasteiger partial charge in [0.05, 0.1) is 13.7 Å². The highest BCUT2D eigenvalue weighted by Crippen LogP contribution is 2.13. The predicted molar refractivity (Wildman–Crippen MR) is 86.8 cm³/mol. The van der Waals surface area contributed by atoms with Crippen LogP contribution in [-0.2, 0) is 16.0 Å². The van der Waals surface area contributed by atoms with E-state index in [1.807, 2.05) is 45.0 Å². The summed E-state index contributed by atoms with van der Waals surface area (Å²) in [6.07, 6.45) is 0.680. The molecule has 0 aromatic heterocycles. The minimum absolute atomic E-state index is 0.0799. The predicted octanol–water partition coefficient (Wildman–Crippen LogP) is 2.00. The summed E-state index contributed by atoms with van der Waals surface area (Å²) in [6, 6.07) is 7.71. The number of hydrogen-bond acceptors (Lipinski definition) is 3. The molecule has 0 fully saturated rings. The summed E-state index contributed by atoms with van der Waals surface area (Å²) in [5, 5.41) is 2.87. The number of amides is 2. The second-order valence-corrected chi connectivity index (χ2v) is 6.34. The normalized spacial score (nSPS) is 11.0. The van der Waals surface area contributed by atoms with Crippen molar-refractivity contribution in [3.05, 3.63) is 29.8 Å². The first-order valence-electron chi connectivity index (χ1n) is 7.41. The van der Waals surface area contributed by atoms with E-state index in [9.17, 15) is 9.59 Å². The molecule has 1 rings (SSSR count). The molecule has 0 heterocycles. The van der Waals surface area contributed by atoms with Crippen LogP contribution in [0, 0.1) is 0 Å². The lowest BCUT2D eigenvalue weighted by Gasteiger charge is -2.25. The Morgan fingerprint density at radius 1 is 1.27 bits per heavy atom. The van der Waals surface area contributed by atoms with Crippen molar-refractivity contribution in [1.29, 1.82) is 0 Å². The molecule has 0 atom stereocenters. The van der Waals surface area contributed by atoms with Crippen molar-refractivity contribution in [3.63, 3.8) is 0 Å². The van der Waals surface area contributed by atoms with Gasteiger partial charge in [-0.2, -0.15) is 0 Å². The van der Waals surface area contributed by atoms with Gasteiger partial charge >= 0.3 is 0 Å². The number of methoxy groups -OCH3 is 1. The van der Waals surface area contributed by atoms with Gasteiger partial charge in [0.2, 0.25) is 11.8 Å². The van der Waals surface area contributed by atoms with Gasteiger partial charge in [-0.1, -0.05) is 12.1 Å². The van der Waals surface area contributed by atoms with Crippen LogP contribution >= 0.6 is 0 Å². The van der Waals surface area contributed by atoms with Crippen LogP contribution in [-0.4, -0.2) is 42.5 Å². The lowest BCUT2D eigenvalue weighted by Crippen LogP contribution is -2.47. The van der Waals surface area contributed by atoms with E-state index >= 15 is 0 Å². The zero-order chi connectivity index (χ0) is 16.8. The highest BCUT2D eigenvalue weighted by Gasteiger charge is 2.18. The molecule has 0 spiro atoms. The molecule has 22 heavy (non-hydrogen) atoms. The van der Waals surface area contributed by atoms with Crippen molar-refractivity contribution in [2.75, 3.05) is 20.2 Å². The highest BCUT2D eigenvalue weighted by molar-refractivity contribution is 5.84. The minimum Gasteiger partial charge on any atom is -0.497 e. The quantitative estimate of drug-likeness (QED) is 0.874. The summed E-state index contributed by atoms with van der Waals surface area (Å²) in [5.41, 5.74) is 0.772. The van der Waals surface area contributed by atoms with E-state index in [1.165, 1.54) is 6.92 Å². The Morgan fingerprint density at radius 3 is 2.50 bits per heavy atom. The first-order chi connectivity index (χ1) is 10.2. The number of ether oxygens (including phenoxy) is 1. The fourth-order valence-electron chi connectivity index (χ4n) is 2.07. The third kappa shape index (κ3) is 6.61. The lowest BCUT2D eigenvalue weighted by molar-refractivity contribution is -0.134. The molecule has 122 valence electrons. The van der Waals surface area contributed by atoms with Gasteiger partial charge in [-0.15, -0.1) is 0 Å². The largest absolute Gasteiger partial charge is 0.497 e. The molecule has 5 heteroatoms. The van der Waals surface area contributed by atoms with E-state index in [1.54, 1.807) is 12.0 Å². The van der Waals surface area contributed by atoms with Crippen LogP contribution in [0.3, 0.4) is 0 Å².